The van der Waals surface area contributed by atoms with Gasteiger partial charge in [0, 0.05) is 6.54 Å². The smallest absolute Gasteiger partial charge is 0.351 e. The molecule has 1 saturated heterocycles. The van der Waals surface area contributed by atoms with Crippen molar-refractivity contribution in [1.82, 2.24) is 30.5 Å². The molecule has 0 aliphatic carbocycles. The Hall–Kier alpha value is -1.68. The second kappa shape index (κ2) is 8.43. The molecule has 24 heavy (non-hydrogen) atoms. The summed E-state index contributed by atoms with van der Waals surface area (Å²) in [7, 11) is 1.40. The molecule has 0 aromatic carbocycles. The molecule has 0 bridgehead atoms. The maximum Gasteiger partial charge on any atom is 0.401 e. The number of amides is 1. The molecule has 0 atom stereocenters. The number of nitrogens with zero attached hydrogens (tertiary/aromatic N) is 4. The summed E-state index contributed by atoms with van der Waals surface area (Å²) in [6, 6.07) is 0.247. The van der Waals surface area contributed by atoms with Gasteiger partial charge < -0.3 is 10.6 Å². The molecule has 1 fully saturated rings. The summed E-state index contributed by atoms with van der Waals surface area (Å²) in [5, 5.41) is 13.8. The van der Waals surface area contributed by atoms with Gasteiger partial charge in [0.25, 0.3) is 5.91 Å². The number of rotatable bonds is 7. The number of alkyl halides is 3. The van der Waals surface area contributed by atoms with E-state index in [1.807, 2.05) is 0 Å². The van der Waals surface area contributed by atoms with E-state index in [-0.39, 0.29) is 24.2 Å². The lowest BCUT2D eigenvalue weighted by Gasteiger charge is -2.22. The van der Waals surface area contributed by atoms with E-state index < -0.39 is 12.7 Å². The predicted octanol–water partition coefficient (Wildman–Crippen LogP) is 0.817. The Morgan fingerprint density at radius 2 is 2.17 bits per heavy atom. The molecule has 7 nitrogen and oxygen atoms in total. The van der Waals surface area contributed by atoms with Crippen LogP contribution in [0, 0.1) is 0 Å². The summed E-state index contributed by atoms with van der Waals surface area (Å²) < 4.78 is 38.3. The van der Waals surface area contributed by atoms with Crippen molar-refractivity contribution in [2.24, 2.45) is 0 Å². The molecule has 0 unspecified atom stereocenters. The van der Waals surface area contributed by atoms with Crippen molar-refractivity contribution in [3.63, 3.8) is 0 Å². The van der Waals surface area contributed by atoms with Gasteiger partial charge in [0.1, 0.15) is 0 Å². The summed E-state index contributed by atoms with van der Waals surface area (Å²) in [5.41, 5.74) is 0.233. The molecule has 10 heteroatoms. The lowest BCUT2D eigenvalue weighted by Crippen LogP contribution is -2.33. The summed E-state index contributed by atoms with van der Waals surface area (Å²) in [6.45, 7) is 1.42. The van der Waals surface area contributed by atoms with E-state index in [1.165, 1.54) is 11.9 Å². The summed E-state index contributed by atoms with van der Waals surface area (Å²) in [4.78, 5) is 13.2. The zero-order valence-electron chi connectivity index (χ0n) is 13.6. The molecule has 2 N–H and O–H groups in total. The summed E-state index contributed by atoms with van der Waals surface area (Å²) in [5.74, 6) is -0.353. The van der Waals surface area contributed by atoms with Gasteiger partial charge in [-0.25, -0.2) is 4.68 Å². The molecule has 136 valence electrons. The molecule has 0 spiro atoms. The van der Waals surface area contributed by atoms with E-state index in [9.17, 15) is 18.0 Å². The Morgan fingerprint density at radius 3 is 2.83 bits per heavy atom. The zero-order chi connectivity index (χ0) is 17.6. The standard InChI is InChI=1S/C14H23F3N6O/c1-22(10-14(15,16)17)8-2-5-19-13(24)12-9-23(21-20-12)11-3-6-18-7-4-11/h9,11,18H,2-8,10H2,1H3,(H,19,24). The Balaban J connectivity index is 1.70. The lowest BCUT2D eigenvalue weighted by molar-refractivity contribution is -0.143. The fraction of sp³-hybridized carbons (Fsp3) is 0.786. The van der Waals surface area contributed by atoms with Crippen LogP contribution >= 0.6 is 0 Å². The molecule has 2 rings (SSSR count). The van der Waals surface area contributed by atoms with Gasteiger partial charge in [0.05, 0.1) is 18.8 Å². The van der Waals surface area contributed by atoms with Crippen LogP contribution in [-0.2, 0) is 0 Å². The average Bonchev–Trinajstić information content (AvgIpc) is 3.00. The first-order valence-electron chi connectivity index (χ1n) is 8.01. The van der Waals surface area contributed by atoms with Gasteiger partial charge >= 0.3 is 6.18 Å². The summed E-state index contributed by atoms with van der Waals surface area (Å²) >= 11 is 0. The average molecular weight is 348 g/mol. The molecule has 0 radical (unpaired) electrons. The largest absolute Gasteiger partial charge is 0.401 e. The third-order valence-electron chi connectivity index (χ3n) is 3.88. The van der Waals surface area contributed by atoms with Crippen LogP contribution in [0.25, 0.3) is 0 Å². The minimum atomic E-state index is -4.20. The Morgan fingerprint density at radius 1 is 1.46 bits per heavy atom. The van der Waals surface area contributed by atoms with Gasteiger partial charge in [0.2, 0.25) is 0 Å². The highest BCUT2D eigenvalue weighted by molar-refractivity contribution is 5.91. The maximum absolute atomic E-state index is 12.2. The first-order chi connectivity index (χ1) is 11.3. The highest BCUT2D eigenvalue weighted by Crippen LogP contribution is 2.17. The Labute approximate surface area is 138 Å². The van der Waals surface area contributed by atoms with E-state index in [2.05, 4.69) is 20.9 Å². The quantitative estimate of drug-likeness (QED) is 0.714. The van der Waals surface area contributed by atoms with Gasteiger partial charge in [0.15, 0.2) is 5.69 Å². The van der Waals surface area contributed by atoms with Crippen LogP contribution in [0.2, 0.25) is 0 Å². The number of aromatic nitrogens is 3. The van der Waals surface area contributed by atoms with E-state index in [1.54, 1.807) is 10.9 Å². The third-order valence-corrected chi connectivity index (χ3v) is 3.88. The molecular weight excluding hydrogens is 325 g/mol. The number of carbonyl (C=O) groups excluding carboxylic acids is 1. The second-order valence-electron chi connectivity index (χ2n) is 6.03. The van der Waals surface area contributed by atoms with Crippen LogP contribution in [0.15, 0.2) is 6.20 Å². The number of nitrogens with one attached hydrogen (secondary N) is 2. The van der Waals surface area contributed by atoms with Gasteiger partial charge in [-0.2, -0.15) is 13.2 Å². The SMILES string of the molecule is CN(CCCNC(=O)c1cn(C2CCNCC2)nn1)CC(F)(F)F. The topological polar surface area (TPSA) is 75.1 Å². The van der Waals surface area contributed by atoms with Crippen molar-refractivity contribution in [3.8, 4) is 0 Å². The van der Waals surface area contributed by atoms with E-state index >= 15 is 0 Å². The zero-order valence-corrected chi connectivity index (χ0v) is 13.6. The lowest BCUT2D eigenvalue weighted by atomic mass is 10.1. The van der Waals surface area contributed by atoms with Crippen molar-refractivity contribution in [1.29, 1.82) is 0 Å². The minimum Gasteiger partial charge on any atom is -0.351 e. The van der Waals surface area contributed by atoms with Crippen LogP contribution in [0.3, 0.4) is 0 Å². The molecule has 1 aliphatic rings. The normalized spacial score (nSPS) is 16.5. The third kappa shape index (κ3) is 6.08. The fourth-order valence-electron chi connectivity index (χ4n) is 2.66. The van der Waals surface area contributed by atoms with E-state index in [0.29, 0.717) is 13.0 Å². The molecule has 1 aliphatic heterocycles. The highest BCUT2D eigenvalue weighted by Gasteiger charge is 2.28. The van der Waals surface area contributed by atoms with Gasteiger partial charge in [-0.05, 0) is 45.9 Å². The van der Waals surface area contributed by atoms with Crippen molar-refractivity contribution >= 4 is 5.91 Å². The van der Waals surface area contributed by atoms with Crippen molar-refractivity contribution in [3.05, 3.63) is 11.9 Å². The Bertz CT molecular complexity index is 527. The maximum atomic E-state index is 12.2. The van der Waals surface area contributed by atoms with Crippen LogP contribution < -0.4 is 10.6 Å². The molecular formula is C14H23F3N6O. The number of carbonyl (C=O) groups is 1. The molecule has 2 heterocycles. The van der Waals surface area contributed by atoms with Crippen molar-refractivity contribution in [2.75, 3.05) is 39.8 Å². The molecule has 1 aromatic rings. The highest BCUT2D eigenvalue weighted by atomic mass is 19.4. The minimum absolute atomic E-state index is 0.233. The monoisotopic (exact) mass is 348 g/mol. The predicted molar refractivity (Wildman–Crippen MR) is 81.7 cm³/mol. The molecule has 0 saturated carbocycles. The molecule has 1 aromatic heterocycles. The van der Waals surface area contributed by atoms with Gasteiger partial charge in [-0.15, -0.1) is 5.10 Å². The van der Waals surface area contributed by atoms with Crippen LogP contribution in [0.4, 0.5) is 13.2 Å². The Kier molecular flexibility index (Phi) is 6.55. The number of hydrogen-bond acceptors (Lipinski definition) is 5. The van der Waals surface area contributed by atoms with Crippen molar-refractivity contribution in [2.45, 2.75) is 31.5 Å². The first-order valence-corrected chi connectivity index (χ1v) is 8.01. The van der Waals surface area contributed by atoms with Gasteiger partial charge in [-0.3, -0.25) is 9.69 Å². The summed E-state index contributed by atoms with van der Waals surface area (Å²) in [6.07, 6.45) is -0.265. The van der Waals surface area contributed by atoms with Crippen LogP contribution in [0.1, 0.15) is 35.8 Å². The number of hydrogen-bond donors (Lipinski definition) is 2. The number of piperidine rings is 1. The molecule has 1 amide bonds. The fourth-order valence-corrected chi connectivity index (χ4v) is 2.66. The number of halogens is 3. The van der Waals surface area contributed by atoms with Gasteiger partial charge in [-0.1, -0.05) is 5.21 Å². The van der Waals surface area contributed by atoms with Crippen molar-refractivity contribution < 1.29 is 18.0 Å². The van der Waals surface area contributed by atoms with Crippen LogP contribution in [0.5, 0.6) is 0 Å². The first kappa shape index (κ1) is 18.7. The van der Waals surface area contributed by atoms with E-state index in [4.69, 9.17) is 0 Å². The second-order valence-corrected chi connectivity index (χ2v) is 6.03. The van der Waals surface area contributed by atoms with E-state index in [0.717, 1.165) is 25.9 Å². The van der Waals surface area contributed by atoms with Crippen LogP contribution in [-0.4, -0.2) is 71.7 Å².